The van der Waals surface area contributed by atoms with E-state index in [2.05, 4.69) is 10.6 Å². The number of hydrogen-bond acceptors (Lipinski definition) is 3. The van der Waals surface area contributed by atoms with Crippen molar-refractivity contribution in [2.24, 2.45) is 11.7 Å². The Bertz CT molecular complexity index is 495. The Balaban J connectivity index is 1.88. The van der Waals surface area contributed by atoms with Crippen molar-refractivity contribution < 1.29 is 9.59 Å². The van der Waals surface area contributed by atoms with Gasteiger partial charge in [0.05, 0.1) is 6.54 Å². The Labute approximate surface area is 112 Å². The average Bonchev–Trinajstić information content (AvgIpc) is 3.15. The van der Waals surface area contributed by atoms with E-state index in [9.17, 15) is 9.59 Å². The van der Waals surface area contributed by atoms with Gasteiger partial charge in [0.15, 0.2) is 0 Å². The van der Waals surface area contributed by atoms with Crippen LogP contribution in [-0.2, 0) is 4.79 Å². The van der Waals surface area contributed by atoms with Crippen LogP contribution < -0.4 is 16.4 Å². The predicted octanol–water partition coefficient (Wildman–Crippen LogP) is 1.03. The molecule has 5 nitrogen and oxygen atoms in total. The van der Waals surface area contributed by atoms with Gasteiger partial charge in [0, 0.05) is 11.3 Å². The number of hydrogen-bond donors (Lipinski definition) is 3. The molecule has 1 aliphatic carbocycles. The number of nitrogens with two attached hydrogens (primary N) is 1. The van der Waals surface area contributed by atoms with Crippen LogP contribution in [0, 0.1) is 12.8 Å². The minimum Gasteiger partial charge on any atom is -0.366 e. The summed E-state index contributed by atoms with van der Waals surface area (Å²) in [6.45, 7) is 2.99. The highest BCUT2D eigenvalue weighted by atomic mass is 16.2. The summed E-state index contributed by atoms with van der Waals surface area (Å²) in [5.41, 5.74) is 7.10. The highest BCUT2D eigenvalue weighted by Crippen LogP contribution is 2.27. The molecule has 1 fully saturated rings. The van der Waals surface area contributed by atoms with E-state index in [0.29, 0.717) is 11.3 Å². The zero-order valence-electron chi connectivity index (χ0n) is 11.0. The van der Waals surface area contributed by atoms with Crippen LogP contribution in [0.15, 0.2) is 18.2 Å². The number of nitrogens with one attached hydrogen (secondary N) is 2. The second kappa shape index (κ2) is 5.84. The Morgan fingerprint density at radius 3 is 2.74 bits per heavy atom. The number of amides is 2. The molecule has 5 heteroatoms. The lowest BCUT2D eigenvalue weighted by atomic mass is 10.1. The smallest absolute Gasteiger partial charge is 0.249 e. The predicted molar refractivity (Wildman–Crippen MR) is 73.9 cm³/mol. The molecule has 0 bridgehead atoms. The third-order valence-electron chi connectivity index (χ3n) is 3.20. The number of primary amides is 1. The normalized spacial score (nSPS) is 14.2. The molecule has 2 amide bonds. The standard InChI is InChI=1S/C14H19N3O2/c1-9-2-5-11(6-12(9)14(15)19)17-13(18)8-16-7-10-3-4-10/h2,5-6,10,16H,3-4,7-8H2,1H3,(H2,15,19)(H,17,18). The van der Waals surface area contributed by atoms with Gasteiger partial charge in [-0.2, -0.15) is 0 Å². The van der Waals surface area contributed by atoms with Crippen LogP contribution in [0.5, 0.6) is 0 Å². The van der Waals surface area contributed by atoms with Gasteiger partial charge in [0.25, 0.3) is 0 Å². The van der Waals surface area contributed by atoms with Crippen molar-refractivity contribution in [3.05, 3.63) is 29.3 Å². The molecule has 1 aromatic carbocycles. The zero-order chi connectivity index (χ0) is 13.8. The summed E-state index contributed by atoms with van der Waals surface area (Å²) >= 11 is 0. The quantitative estimate of drug-likeness (QED) is 0.715. The number of aryl methyl sites for hydroxylation is 1. The Morgan fingerprint density at radius 2 is 2.11 bits per heavy atom. The molecule has 0 atom stereocenters. The number of carbonyl (C=O) groups is 2. The number of benzene rings is 1. The first-order chi connectivity index (χ1) is 9.06. The van der Waals surface area contributed by atoms with Gasteiger partial charge >= 0.3 is 0 Å². The third-order valence-corrected chi connectivity index (χ3v) is 3.20. The van der Waals surface area contributed by atoms with E-state index >= 15 is 0 Å². The first-order valence-corrected chi connectivity index (χ1v) is 6.47. The van der Waals surface area contributed by atoms with Gasteiger partial charge in [0.1, 0.15) is 0 Å². The van der Waals surface area contributed by atoms with Crippen LogP contribution >= 0.6 is 0 Å². The van der Waals surface area contributed by atoms with Crippen molar-refractivity contribution in [1.29, 1.82) is 0 Å². The van der Waals surface area contributed by atoms with E-state index in [1.165, 1.54) is 12.8 Å². The maximum atomic E-state index is 11.7. The topological polar surface area (TPSA) is 84.2 Å². The van der Waals surface area contributed by atoms with E-state index in [1.807, 2.05) is 6.92 Å². The number of anilines is 1. The van der Waals surface area contributed by atoms with E-state index < -0.39 is 5.91 Å². The number of rotatable bonds is 6. The molecule has 4 N–H and O–H groups in total. The summed E-state index contributed by atoms with van der Waals surface area (Å²) in [5, 5.41) is 5.86. The van der Waals surface area contributed by atoms with Gasteiger partial charge in [-0.15, -0.1) is 0 Å². The van der Waals surface area contributed by atoms with Gasteiger partial charge in [-0.1, -0.05) is 6.07 Å². The molecule has 1 saturated carbocycles. The SMILES string of the molecule is Cc1ccc(NC(=O)CNCC2CC2)cc1C(N)=O. The van der Waals surface area contributed by atoms with Crippen LogP contribution in [0.2, 0.25) is 0 Å². The summed E-state index contributed by atoms with van der Waals surface area (Å²) in [6.07, 6.45) is 2.52. The van der Waals surface area contributed by atoms with Crippen LogP contribution in [0.3, 0.4) is 0 Å². The maximum absolute atomic E-state index is 11.7. The van der Waals surface area contributed by atoms with Gasteiger partial charge in [-0.3, -0.25) is 9.59 Å². The molecule has 2 rings (SSSR count). The molecule has 0 heterocycles. The van der Waals surface area contributed by atoms with Crippen molar-refractivity contribution in [3.63, 3.8) is 0 Å². The van der Waals surface area contributed by atoms with E-state index in [0.717, 1.165) is 18.0 Å². The van der Waals surface area contributed by atoms with Crippen molar-refractivity contribution in [3.8, 4) is 0 Å². The monoisotopic (exact) mass is 261 g/mol. The van der Waals surface area contributed by atoms with Crippen molar-refractivity contribution in [2.45, 2.75) is 19.8 Å². The van der Waals surface area contributed by atoms with E-state index in [-0.39, 0.29) is 12.5 Å². The lowest BCUT2D eigenvalue weighted by molar-refractivity contribution is -0.115. The largest absolute Gasteiger partial charge is 0.366 e. The fourth-order valence-electron chi connectivity index (χ4n) is 1.88. The first-order valence-electron chi connectivity index (χ1n) is 6.47. The molecule has 0 radical (unpaired) electrons. The second-order valence-electron chi connectivity index (χ2n) is 5.02. The van der Waals surface area contributed by atoms with Gasteiger partial charge in [-0.25, -0.2) is 0 Å². The molecule has 1 aromatic rings. The summed E-state index contributed by atoms with van der Waals surface area (Å²) in [4.78, 5) is 22.9. The molecule has 0 aliphatic heterocycles. The molecule has 0 saturated heterocycles. The average molecular weight is 261 g/mol. The summed E-state index contributed by atoms with van der Waals surface area (Å²) in [7, 11) is 0. The van der Waals surface area contributed by atoms with Gasteiger partial charge in [-0.05, 0) is 49.9 Å². The van der Waals surface area contributed by atoms with Crippen molar-refractivity contribution in [1.82, 2.24) is 5.32 Å². The molecular weight excluding hydrogens is 242 g/mol. The van der Waals surface area contributed by atoms with Gasteiger partial charge in [0.2, 0.25) is 11.8 Å². The lowest BCUT2D eigenvalue weighted by Gasteiger charge is -2.09. The lowest BCUT2D eigenvalue weighted by Crippen LogP contribution is -2.29. The van der Waals surface area contributed by atoms with Crippen LogP contribution in [0.4, 0.5) is 5.69 Å². The summed E-state index contributed by atoms with van der Waals surface area (Å²) in [6, 6.07) is 5.14. The summed E-state index contributed by atoms with van der Waals surface area (Å²) < 4.78 is 0. The Kier molecular flexibility index (Phi) is 4.16. The van der Waals surface area contributed by atoms with Crippen LogP contribution in [0.1, 0.15) is 28.8 Å². The van der Waals surface area contributed by atoms with Crippen molar-refractivity contribution >= 4 is 17.5 Å². The molecule has 0 unspecified atom stereocenters. The van der Waals surface area contributed by atoms with Crippen LogP contribution in [0.25, 0.3) is 0 Å². The molecule has 1 aliphatic rings. The van der Waals surface area contributed by atoms with E-state index in [4.69, 9.17) is 5.73 Å². The van der Waals surface area contributed by atoms with Crippen LogP contribution in [-0.4, -0.2) is 24.9 Å². The zero-order valence-corrected chi connectivity index (χ0v) is 11.0. The maximum Gasteiger partial charge on any atom is 0.249 e. The molecule has 0 aromatic heterocycles. The second-order valence-corrected chi connectivity index (χ2v) is 5.02. The fraction of sp³-hybridized carbons (Fsp3) is 0.429. The first kappa shape index (κ1) is 13.5. The highest BCUT2D eigenvalue weighted by Gasteiger charge is 2.20. The van der Waals surface area contributed by atoms with Crippen molar-refractivity contribution in [2.75, 3.05) is 18.4 Å². The fourth-order valence-corrected chi connectivity index (χ4v) is 1.88. The minimum absolute atomic E-state index is 0.111. The molecule has 19 heavy (non-hydrogen) atoms. The number of carbonyl (C=O) groups excluding carboxylic acids is 2. The Hall–Kier alpha value is -1.88. The third kappa shape index (κ3) is 4.06. The molecular formula is C14H19N3O2. The highest BCUT2D eigenvalue weighted by molar-refractivity contribution is 5.97. The molecule has 0 spiro atoms. The molecule has 102 valence electrons. The minimum atomic E-state index is -0.486. The van der Waals surface area contributed by atoms with Gasteiger partial charge < -0.3 is 16.4 Å². The Morgan fingerprint density at radius 1 is 1.37 bits per heavy atom. The summed E-state index contributed by atoms with van der Waals surface area (Å²) in [5.74, 6) is 0.147. The van der Waals surface area contributed by atoms with E-state index in [1.54, 1.807) is 18.2 Å².